The maximum absolute atomic E-state index is 11.3. The zero-order chi connectivity index (χ0) is 19.4. The van der Waals surface area contributed by atoms with Gasteiger partial charge in [0.2, 0.25) is 0 Å². The van der Waals surface area contributed by atoms with E-state index in [1.807, 2.05) is 52.7 Å². The molecule has 1 aliphatic heterocycles. The largest absolute Gasteiger partial charge is 0.377 e. The van der Waals surface area contributed by atoms with Crippen molar-refractivity contribution in [2.75, 3.05) is 0 Å². The zero-order valence-corrected chi connectivity index (χ0v) is 16.1. The molecule has 0 radical (unpaired) electrons. The summed E-state index contributed by atoms with van der Waals surface area (Å²) in [5, 5.41) is 23.3. The minimum atomic E-state index is -1.06. The van der Waals surface area contributed by atoms with Crippen LogP contribution in [0.1, 0.15) is 17.8 Å². The molecular formula is C21H16N6OS. The Morgan fingerprint density at radius 1 is 1.21 bits per heavy atom. The number of aryl methyl sites for hydroxylation is 1. The van der Waals surface area contributed by atoms with Gasteiger partial charge in [-0.3, -0.25) is 0 Å². The maximum Gasteiger partial charge on any atom is 0.160 e. The van der Waals surface area contributed by atoms with Gasteiger partial charge in [0.05, 0.1) is 11.9 Å². The van der Waals surface area contributed by atoms with Gasteiger partial charge in [-0.25, -0.2) is 9.97 Å². The van der Waals surface area contributed by atoms with Gasteiger partial charge in [-0.05, 0) is 17.7 Å². The van der Waals surface area contributed by atoms with Crippen LogP contribution >= 0.6 is 11.3 Å². The van der Waals surface area contributed by atoms with Crippen molar-refractivity contribution in [1.29, 1.82) is 0 Å². The second-order valence-electron chi connectivity index (χ2n) is 7.17. The van der Waals surface area contributed by atoms with Crippen LogP contribution in [0.2, 0.25) is 0 Å². The Hall–Kier alpha value is -3.36. The summed E-state index contributed by atoms with van der Waals surface area (Å²) < 4.78 is 2.01. The summed E-state index contributed by atoms with van der Waals surface area (Å²) in [4.78, 5) is 12.4. The molecule has 7 nitrogen and oxygen atoms in total. The minimum absolute atomic E-state index is 0.623. The van der Waals surface area contributed by atoms with Gasteiger partial charge in [0, 0.05) is 53.4 Å². The highest BCUT2D eigenvalue weighted by Gasteiger charge is 2.40. The number of aromatic amines is 1. The summed E-state index contributed by atoms with van der Waals surface area (Å²) in [6.07, 6.45) is 7.87. The first-order chi connectivity index (χ1) is 14.2. The summed E-state index contributed by atoms with van der Waals surface area (Å²) in [7, 11) is 0. The molecule has 5 heterocycles. The smallest absolute Gasteiger partial charge is 0.160 e. The molecule has 4 aromatic heterocycles. The summed E-state index contributed by atoms with van der Waals surface area (Å²) in [5.74, 6) is 0.702. The average Bonchev–Trinajstić information content (AvgIpc) is 3.53. The summed E-state index contributed by atoms with van der Waals surface area (Å²) in [6, 6.07) is 9.90. The highest BCUT2D eigenvalue weighted by molar-refractivity contribution is 7.13. The first-order valence-electron chi connectivity index (χ1n) is 9.32. The lowest BCUT2D eigenvalue weighted by Gasteiger charge is -2.22. The van der Waals surface area contributed by atoms with Crippen molar-refractivity contribution in [2.24, 2.45) is 0 Å². The number of fused-ring (bicyclic) bond motifs is 2. The SMILES string of the molecule is O[C@@]1(c2cccc(-c3csc(-c4c[nH]c5nnccc45)n3)c2)CCn2ccnc21. The molecule has 0 saturated heterocycles. The Morgan fingerprint density at radius 3 is 3.14 bits per heavy atom. The Labute approximate surface area is 169 Å². The molecule has 0 amide bonds. The number of rotatable bonds is 3. The van der Waals surface area contributed by atoms with Crippen LogP contribution in [0.15, 0.2) is 60.5 Å². The standard InChI is InChI=1S/C21H16N6OS/c28-21(5-8-27-9-7-22-20(21)27)14-3-1-2-13(10-14)17-12-29-19(25-17)16-11-23-18-15(16)4-6-24-26-18/h1-4,6-7,9-12,28H,5,8H2,(H,23,26)/t21-/m1/s1. The molecule has 0 spiro atoms. The van der Waals surface area contributed by atoms with Crippen molar-refractivity contribution in [2.45, 2.75) is 18.6 Å². The molecule has 1 aromatic carbocycles. The van der Waals surface area contributed by atoms with Gasteiger partial charge >= 0.3 is 0 Å². The molecule has 0 unspecified atom stereocenters. The van der Waals surface area contributed by atoms with Gasteiger partial charge in [-0.2, -0.15) is 5.10 Å². The van der Waals surface area contributed by atoms with E-state index in [4.69, 9.17) is 4.98 Å². The lowest BCUT2D eigenvalue weighted by Crippen LogP contribution is -2.25. The van der Waals surface area contributed by atoms with E-state index >= 15 is 0 Å². The molecule has 0 saturated carbocycles. The van der Waals surface area contributed by atoms with Crippen LogP contribution < -0.4 is 0 Å². The quantitative estimate of drug-likeness (QED) is 0.483. The first kappa shape index (κ1) is 16.6. The number of hydrogen-bond donors (Lipinski definition) is 2. The summed E-state index contributed by atoms with van der Waals surface area (Å²) in [6.45, 7) is 0.764. The Kier molecular flexibility index (Phi) is 3.47. The topological polar surface area (TPSA) is 92.5 Å². The molecule has 6 rings (SSSR count). The Balaban J connectivity index is 1.40. The molecule has 0 fully saturated rings. The van der Waals surface area contributed by atoms with Crippen LogP contribution in [-0.4, -0.2) is 34.8 Å². The minimum Gasteiger partial charge on any atom is -0.377 e. The first-order valence-corrected chi connectivity index (χ1v) is 10.2. The molecular weight excluding hydrogens is 384 g/mol. The number of aliphatic hydroxyl groups is 1. The van der Waals surface area contributed by atoms with E-state index in [0.29, 0.717) is 12.2 Å². The van der Waals surface area contributed by atoms with Crippen LogP contribution in [0.5, 0.6) is 0 Å². The van der Waals surface area contributed by atoms with Crippen molar-refractivity contribution in [3.8, 4) is 21.8 Å². The second kappa shape index (κ2) is 6.07. The van der Waals surface area contributed by atoms with Gasteiger partial charge in [-0.1, -0.05) is 18.2 Å². The average molecular weight is 400 g/mol. The number of benzene rings is 1. The maximum atomic E-state index is 11.3. The van der Waals surface area contributed by atoms with Gasteiger partial charge in [0.25, 0.3) is 0 Å². The highest BCUT2D eigenvalue weighted by atomic mass is 32.1. The molecule has 0 aliphatic carbocycles. The van der Waals surface area contributed by atoms with Crippen molar-refractivity contribution < 1.29 is 5.11 Å². The third-order valence-corrected chi connectivity index (χ3v) is 6.41. The van der Waals surface area contributed by atoms with Crippen LogP contribution in [-0.2, 0) is 12.1 Å². The number of nitrogens with one attached hydrogen (secondary N) is 1. The number of imidazole rings is 1. The van der Waals surface area contributed by atoms with Crippen LogP contribution in [0.25, 0.3) is 32.9 Å². The molecule has 29 heavy (non-hydrogen) atoms. The van der Waals surface area contributed by atoms with Crippen LogP contribution in [0, 0.1) is 0 Å². The van der Waals surface area contributed by atoms with E-state index in [1.165, 1.54) is 0 Å². The van der Waals surface area contributed by atoms with Crippen molar-refractivity contribution in [3.05, 3.63) is 71.9 Å². The van der Waals surface area contributed by atoms with Crippen LogP contribution in [0.3, 0.4) is 0 Å². The summed E-state index contributed by atoms with van der Waals surface area (Å²) >= 11 is 1.59. The molecule has 0 bridgehead atoms. The fourth-order valence-corrected chi connectivity index (χ4v) is 4.90. The van der Waals surface area contributed by atoms with Crippen molar-refractivity contribution in [1.82, 2.24) is 29.7 Å². The number of aromatic nitrogens is 6. The number of H-pyrrole nitrogens is 1. The lowest BCUT2D eigenvalue weighted by molar-refractivity contribution is 0.0786. The number of nitrogens with zero attached hydrogens (tertiary/aromatic N) is 5. The van der Waals surface area contributed by atoms with Crippen molar-refractivity contribution in [3.63, 3.8) is 0 Å². The third kappa shape index (κ3) is 2.46. The van der Waals surface area contributed by atoms with E-state index in [2.05, 4.69) is 20.2 Å². The highest BCUT2D eigenvalue weighted by Crippen LogP contribution is 2.39. The van der Waals surface area contributed by atoms with Crippen LogP contribution in [0.4, 0.5) is 0 Å². The molecule has 1 atom stereocenters. The lowest BCUT2D eigenvalue weighted by atomic mass is 9.90. The fraction of sp³-hybridized carbons (Fsp3) is 0.143. The molecule has 8 heteroatoms. The number of hydrogen-bond acceptors (Lipinski definition) is 6. The molecule has 142 valence electrons. The van der Waals surface area contributed by atoms with E-state index in [-0.39, 0.29) is 0 Å². The monoisotopic (exact) mass is 400 g/mol. The Bertz CT molecular complexity index is 1350. The van der Waals surface area contributed by atoms with Gasteiger partial charge in [0.15, 0.2) is 5.65 Å². The Morgan fingerprint density at radius 2 is 2.17 bits per heavy atom. The zero-order valence-electron chi connectivity index (χ0n) is 15.3. The van der Waals surface area contributed by atoms with Gasteiger partial charge < -0.3 is 14.7 Å². The summed E-state index contributed by atoms with van der Waals surface area (Å²) in [5.41, 5.74) is 3.40. The molecule has 5 aromatic rings. The molecule has 1 aliphatic rings. The fourth-order valence-electron chi connectivity index (χ4n) is 4.04. The molecule has 2 N–H and O–H groups in total. The van der Waals surface area contributed by atoms with E-state index in [1.54, 1.807) is 23.7 Å². The van der Waals surface area contributed by atoms with E-state index < -0.39 is 5.60 Å². The predicted octanol–water partition coefficient (Wildman–Crippen LogP) is 3.58. The predicted molar refractivity (Wildman–Crippen MR) is 110 cm³/mol. The van der Waals surface area contributed by atoms with Gasteiger partial charge in [-0.15, -0.1) is 16.4 Å². The van der Waals surface area contributed by atoms with Gasteiger partial charge in [0.1, 0.15) is 16.4 Å². The number of thiazole rings is 1. The third-order valence-electron chi connectivity index (χ3n) is 5.53. The van der Waals surface area contributed by atoms with E-state index in [0.717, 1.165) is 45.0 Å². The van der Waals surface area contributed by atoms with Crippen molar-refractivity contribution >= 4 is 22.4 Å². The normalized spacial score (nSPS) is 18.4. The van der Waals surface area contributed by atoms with E-state index in [9.17, 15) is 5.11 Å². The second-order valence-corrected chi connectivity index (χ2v) is 8.03.